The van der Waals surface area contributed by atoms with E-state index in [9.17, 15) is 30.0 Å². The molecule has 0 spiro atoms. The molecule has 17 nitrogen and oxygen atoms in total. The van der Waals surface area contributed by atoms with Crippen molar-refractivity contribution in [1.29, 1.82) is 0 Å². The second-order valence-electron chi connectivity index (χ2n) is 21.5. The molecular weight excluding hydrogens is 885 g/mol. The number of aliphatic hydroxyl groups excluding tert-OH is 1. The molecule has 3 heterocycles. The van der Waals surface area contributed by atoms with E-state index >= 15 is 0 Å². The fraction of sp³-hybridized carbons (Fsp3) is 0.843. The SMILES string of the molecule is CO[C@H]1C[C@H](O[C@H]2CC[C@@]3(C)[C@@H](CC[C@]4(O)[C@@H]3C[C@@H](OC(C)=O)[C@@]3(C)[C@]4(O)CC[C@@]3(O)[C@H](C)OC(=O)c3ccccc3)C2)O[C@H](C)[C@H]1O[C@H]1C[C@H](OC)[C@H](O[C@H]2C[C@@H](OC)[C@H](O)[C@@H](C)O2)[C@@H](C)O1. The molecular formula is C51H78O17. The molecule has 0 radical (unpaired) electrons. The van der Waals surface area contributed by atoms with Gasteiger partial charge in [-0.3, -0.25) is 4.79 Å². The number of carbonyl (C=O) groups is 2. The van der Waals surface area contributed by atoms with Crippen molar-refractivity contribution in [3.8, 4) is 0 Å². The van der Waals surface area contributed by atoms with Gasteiger partial charge in [0.15, 0.2) is 18.9 Å². The second-order valence-corrected chi connectivity index (χ2v) is 21.5. The normalized spacial score (nSPS) is 48.6. The Bertz CT molecular complexity index is 1910. The molecule has 1 aromatic carbocycles. The molecule has 3 saturated heterocycles. The van der Waals surface area contributed by atoms with Gasteiger partial charge in [0.05, 0.1) is 59.3 Å². The van der Waals surface area contributed by atoms with Crippen molar-refractivity contribution in [2.75, 3.05) is 21.3 Å². The van der Waals surface area contributed by atoms with Crippen molar-refractivity contribution in [2.24, 2.45) is 22.7 Å². The van der Waals surface area contributed by atoms with Gasteiger partial charge in [-0.25, -0.2) is 4.79 Å². The van der Waals surface area contributed by atoms with Crippen LogP contribution in [0.15, 0.2) is 30.3 Å². The van der Waals surface area contributed by atoms with Crippen LogP contribution in [0, 0.1) is 22.7 Å². The van der Waals surface area contributed by atoms with Crippen LogP contribution >= 0.6 is 0 Å². The molecule has 68 heavy (non-hydrogen) atoms. The predicted molar refractivity (Wildman–Crippen MR) is 242 cm³/mol. The van der Waals surface area contributed by atoms with Crippen molar-refractivity contribution in [3.05, 3.63) is 35.9 Å². The lowest BCUT2D eigenvalue weighted by Gasteiger charge is -2.69. The van der Waals surface area contributed by atoms with Gasteiger partial charge in [0.25, 0.3) is 0 Å². The minimum absolute atomic E-state index is 0.0227. The molecule has 22 atom stereocenters. The van der Waals surface area contributed by atoms with Gasteiger partial charge in [0.1, 0.15) is 41.7 Å². The number of benzene rings is 1. The molecule has 4 N–H and O–H groups in total. The highest BCUT2D eigenvalue weighted by atomic mass is 16.7. The summed E-state index contributed by atoms with van der Waals surface area (Å²) >= 11 is 0. The molecule has 3 aliphatic heterocycles. The summed E-state index contributed by atoms with van der Waals surface area (Å²) in [6.45, 7) is 12.4. The number of carbonyl (C=O) groups excluding carboxylic acids is 2. The summed E-state index contributed by atoms with van der Waals surface area (Å²) in [5.41, 5.74) is -7.09. The van der Waals surface area contributed by atoms with Gasteiger partial charge >= 0.3 is 11.9 Å². The topological polar surface area (TPSA) is 217 Å². The van der Waals surface area contributed by atoms with Crippen LogP contribution in [0.2, 0.25) is 0 Å². The average molecular weight is 963 g/mol. The molecule has 0 amide bonds. The number of aliphatic hydroxyl groups is 4. The summed E-state index contributed by atoms with van der Waals surface area (Å²) in [6, 6.07) is 8.50. The zero-order valence-corrected chi connectivity index (χ0v) is 41.6. The van der Waals surface area contributed by atoms with E-state index in [1.165, 1.54) is 6.92 Å². The first-order valence-electron chi connectivity index (χ1n) is 25.0. The maximum Gasteiger partial charge on any atom is 0.338 e. The standard InChI is InChI=1S/C51H78O17/c1-27-43(53)35(58-8)23-41(61-27)67-45-29(3)63-42(25-37(45)60-10)68-44-28(2)62-40(24-36(44)59-9)66-34-17-18-47(6)33(22-34)16-19-50(56)38(47)26-39(65-31(5)52)48(7)49(55,20-21-51(48,50)57)30(4)64-46(54)32-14-12-11-13-15-32/h11-15,27-30,33-45,53,55-57H,16-26H2,1-10H3/t27-,28-,29-,30+,33+,34+,35-,36+,37+,38-,39-,40+,41+,42+,43-,44-,45-,47+,48-,49-,50+,51-/m1/s1. The molecule has 4 saturated carbocycles. The molecule has 0 aromatic heterocycles. The minimum Gasteiger partial charge on any atom is -0.462 e. The van der Waals surface area contributed by atoms with Gasteiger partial charge in [-0.1, -0.05) is 32.0 Å². The summed E-state index contributed by atoms with van der Waals surface area (Å²) in [5, 5.41) is 49.4. The van der Waals surface area contributed by atoms with E-state index in [1.807, 2.05) is 13.8 Å². The molecule has 7 aliphatic rings. The summed E-state index contributed by atoms with van der Waals surface area (Å²) in [4.78, 5) is 26.1. The lowest BCUT2D eigenvalue weighted by molar-refractivity contribution is -0.346. The Kier molecular flexibility index (Phi) is 15.2. The maximum atomic E-state index is 13.3. The Hall–Kier alpha value is -2.36. The second kappa shape index (κ2) is 19.9. The molecule has 0 unspecified atom stereocenters. The quantitative estimate of drug-likeness (QED) is 0.155. The molecule has 4 aliphatic carbocycles. The highest BCUT2D eigenvalue weighted by Crippen LogP contribution is 2.72. The molecule has 8 rings (SSSR count). The van der Waals surface area contributed by atoms with Crippen molar-refractivity contribution < 1.29 is 82.1 Å². The molecule has 17 heteroatoms. The van der Waals surface area contributed by atoms with Gasteiger partial charge in [-0.15, -0.1) is 0 Å². The number of fused-ring (bicyclic) bond motifs is 5. The van der Waals surface area contributed by atoms with Gasteiger partial charge in [-0.2, -0.15) is 0 Å². The van der Waals surface area contributed by atoms with Crippen LogP contribution in [-0.4, -0.2) is 163 Å². The van der Waals surface area contributed by atoms with Crippen molar-refractivity contribution in [2.45, 2.75) is 228 Å². The van der Waals surface area contributed by atoms with Gasteiger partial charge in [0.2, 0.25) is 0 Å². The number of esters is 2. The van der Waals surface area contributed by atoms with E-state index in [1.54, 1.807) is 72.4 Å². The Morgan fingerprint density at radius 2 is 1.26 bits per heavy atom. The van der Waals surface area contributed by atoms with Gasteiger partial charge in [-0.05, 0) is 108 Å². The predicted octanol–water partition coefficient (Wildman–Crippen LogP) is 4.74. The first-order valence-corrected chi connectivity index (χ1v) is 25.0. The smallest absolute Gasteiger partial charge is 0.338 e. The van der Waals surface area contributed by atoms with Crippen molar-refractivity contribution >= 4 is 11.9 Å². The van der Waals surface area contributed by atoms with Crippen LogP contribution in [-0.2, 0) is 56.9 Å². The lowest BCUT2D eigenvalue weighted by atomic mass is 9.40. The third-order valence-corrected chi connectivity index (χ3v) is 18.2. The summed E-state index contributed by atoms with van der Waals surface area (Å²) in [7, 11) is 4.85. The number of rotatable bonds is 13. The van der Waals surface area contributed by atoms with Crippen LogP contribution in [0.1, 0.15) is 129 Å². The van der Waals surface area contributed by atoms with Crippen LogP contribution in [0.4, 0.5) is 0 Å². The molecule has 1 aromatic rings. The zero-order chi connectivity index (χ0) is 49.1. The minimum atomic E-state index is -1.88. The Morgan fingerprint density at radius 3 is 1.84 bits per heavy atom. The number of hydrogen-bond donors (Lipinski definition) is 4. The fourth-order valence-corrected chi connectivity index (χ4v) is 14.2. The van der Waals surface area contributed by atoms with E-state index in [0.717, 1.165) is 0 Å². The largest absolute Gasteiger partial charge is 0.462 e. The number of hydrogen-bond acceptors (Lipinski definition) is 17. The monoisotopic (exact) mass is 963 g/mol. The Balaban J connectivity index is 0.903. The van der Waals surface area contributed by atoms with Crippen molar-refractivity contribution in [1.82, 2.24) is 0 Å². The first-order chi connectivity index (χ1) is 32.2. The van der Waals surface area contributed by atoms with E-state index in [0.29, 0.717) is 50.5 Å². The Labute approximate surface area is 401 Å². The molecule has 0 bridgehead atoms. The zero-order valence-electron chi connectivity index (χ0n) is 41.6. The van der Waals surface area contributed by atoms with Crippen LogP contribution < -0.4 is 0 Å². The van der Waals surface area contributed by atoms with Crippen LogP contribution in [0.5, 0.6) is 0 Å². The third kappa shape index (κ3) is 8.89. The fourth-order valence-electron chi connectivity index (χ4n) is 14.2. The lowest BCUT2D eigenvalue weighted by Crippen LogP contribution is -2.79. The number of ether oxygens (including phenoxy) is 11. The van der Waals surface area contributed by atoms with Crippen LogP contribution in [0.3, 0.4) is 0 Å². The summed E-state index contributed by atoms with van der Waals surface area (Å²) in [6.07, 6.45) is -3.77. The van der Waals surface area contributed by atoms with E-state index in [-0.39, 0.29) is 49.9 Å². The summed E-state index contributed by atoms with van der Waals surface area (Å²) < 4.78 is 68.1. The Morgan fingerprint density at radius 1 is 0.706 bits per heavy atom. The first kappa shape index (κ1) is 52.0. The maximum absolute atomic E-state index is 13.3. The molecule has 384 valence electrons. The number of methoxy groups -OCH3 is 3. The van der Waals surface area contributed by atoms with Gasteiger partial charge < -0.3 is 72.5 Å². The van der Waals surface area contributed by atoms with Crippen molar-refractivity contribution in [3.63, 3.8) is 0 Å². The molecule has 7 fully saturated rings. The van der Waals surface area contributed by atoms with Gasteiger partial charge in [0, 0.05) is 47.5 Å². The average Bonchev–Trinajstić information content (AvgIpc) is 3.54. The highest BCUT2D eigenvalue weighted by molar-refractivity contribution is 5.89. The van der Waals surface area contributed by atoms with E-state index < -0.39 is 119 Å². The van der Waals surface area contributed by atoms with Crippen LogP contribution in [0.25, 0.3) is 0 Å². The van der Waals surface area contributed by atoms with E-state index in [4.69, 9.17) is 52.1 Å². The summed E-state index contributed by atoms with van der Waals surface area (Å²) in [5.74, 6) is -1.56. The highest BCUT2D eigenvalue weighted by Gasteiger charge is 2.82. The third-order valence-electron chi connectivity index (χ3n) is 18.2. The van der Waals surface area contributed by atoms with E-state index in [2.05, 4.69) is 6.92 Å².